The van der Waals surface area contributed by atoms with Gasteiger partial charge in [-0.25, -0.2) is 8.42 Å². The molecule has 1 amide bonds. The van der Waals surface area contributed by atoms with Crippen LogP contribution in [-0.2, 0) is 26.1 Å². The largest absolute Gasteiger partial charge is 0.484 e. The van der Waals surface area contributed by atoms with Crippen molar-refractivity contribution in [1.29, 1.82) is 0 Å². The molecule has 3 rings (SSSR count). The van der Waals surface area contributed by atoms with E-state index in [1.165, 1.54) is 4.31 Å². The lowest BCUT2D eigenvalue weighted by atomic mass is 10.2. The molecule has 9 heteroatoms. The van der Waals surface area contributed by atoms with Gasteiger partial charge in [-0.05, 0) is 81.3 Å². The average Bonchev–Trinajstić information content (AvgIpc) is 2.87. The van der Waals surface area contributed by atoms with E-state index in [9.17, 15) is 13.2 Å². The summed E-state index contributed by atoms with van der Waals surface area (Å²) in [5, 5.41) is 3.36. The Labute approximate surface area is 224 Å². The Morgan fingerprint density at radius 3 is 2.24 bits per heavy atom. The molecule has 0 aliphatic heterocycles. The highest BCUT2D eigenvalue weighted by atomic mass is 35.5. The van der Waals surface area contributed by atoms with Crippen molar-refractivity contribution in [1.82, 2.24) is 5.32 Å². The van der Waals surface area contributed by atoms with Crippen molar-refractivity contribution in [2.45, 2.75) is 44.7 Å². The Balaban J connectivity index is 1.70. The van der Waals surface area contributed by atoms with E-state index >= 15 is 0 Å². The van der Waals surface area contributed by atoms with Crippen LogP contribution in [0.25, 0.3) is 0 Å². The number of nitrogens with one attached hydrogen (secondary N) is 1. The molecule has 7 nitrogen and oxygen atoms in total. The Morgan fingerprint density at radius 2 is 1.62 bits per heavy atom. The number of halogens is 1. The number of hydrogen-bond acceptors (Lipinski definition) is 5. The van der Waals surface area contributed by atoms with Gasteiger partial charge in [0, 0.05) is 18.2 Å². The molecule has 3 aromatic carbocycles. The van der Waals surface area contributed by atoms with Crippen molar-refractivity contribution in [3.63, 3.8) is 0 Å². The van der Waals surface area contributed by atoms with Gasteiger partial charge in [0.2, 0.25) is 0 Å². The molecular weight excluding hydrogens is 512 g/mol. The van der Waals surface area contributed by atoms with Crippen LogP contribution in [0.3, 0.4) is 0 Å². The normalized spacial score (nSPS) is 11.4. The number of aryl methyl sites for hydroxylation is 1. The van der Waals surface area contributed by atoms with Crippen molar-refractivity contribution >= 4 is 33.2 Å². The molecular formula is C28H33ClN2O5S. The molecule has 0 unspecified atom stereocenters. The Morgan fingerprint density at radius 1 is 0.973 bits per heavy atom. The summed E-state index contributed by atoms with van der Waals surface area (Å²) in [7, 11) is -3.85. The van der Waals surface area contributed by atoms with Gasteiger partial charge >= 0.3 is 0 Å². The van der Waals surface area contributed by atoms with Crippen molar-refractivity contribution in [3.8, 4) is 5.75 Å². The fraction of sp³-hybridized carbons (Fsp3) is 0.321. The summed E-state index contributed by atoms with van der Waals surface area (Å²) < 4.78 is 39.6. The second-order valence-electron chi connectivity index (χ2n) is 8.86. The van der Waals surface area contributed by atoms with E-state index in [0.29, 0.717) is 29.6 Å². The molecule has 0 atom stereocenters. The number of hydrogen-bond donors (Lipinski definition) is 1. The molecule has 0 saturated heterocycles. The number of benzene rings is 3. The van der Waals surface area contributed by atoms with Gasteiger partial charge in [0.15, 0.2) is 6.61 Å². The van der Waals surface area contributed by atoms with Crippen molar-refractivity contribution in [2.75, 3.05) is 24.1 Å². The highest BCUT2D eigenvalue weighted by Gasteiger charge is 2.25. The van der Waals surface area contributed by atoms with Gasteiger partial charge < -0.3 is 14.8 Å². The lowest BCUT2D eigenvalue weighted by Crippen LogP contribution is -2.31. The number of rotatable bonds is 13. The number of amides is 1. The predicted molar refractivity (Wildman–Crippen MR) is 147 cm³/mol. The highest BCUT2D eigenvalue weighted by Crippen LogP contribution is 2.28. The quantitative estimate of drug-likeness (QED) is 0.293. The Kier molecular flexibility index (Phi) is 10.4. The molecule has 0 aliphatic rings. The number of carbonyl (C=O) groups is 1. The highest BCUT2D eigenvalue weighted by molar-refractivity contribution is 7.92. The fourth-order valence-corrected chi connectivity index (χ4v) is 5.01. The van der Waals surface area contributed by atoms with Crippen molar-refractivity contribution in [3.05, 3.63) is 88.9 Å². The van der Waals surface area contributed by atoms with Crippen LogP contribution < -0.4 is 14.4 Å². The number of nitrogens with zero attached hydrogens (tertiary/aromatic N) is 1. The van der Waals surface area contributed by atoms with Gasteiger partial charge in [0.25, 0.3) is 15.9 Å². The molecule has 3 aromatic rings. The lowest BCUT2D eigenvalue weighted by molar-refractivity contribution is -0.123. The fourth-order valence-electron chi connectivity index (χ4n) is 3.44. The smallest absolute Gasteiger partial charge is 0.264 e. The predicted octanol–water partition coefficient (Wildman–Crippen LogP) is 5.35. The first-order valence-electron chi connectivity index (χ1n) is 12.1. The zero-order valence-corrected chi connectivity index (χ0v) is 22.9. The molecule has 37 heavy (non-hydrogen) atoms. The third-order valence-corrected chi connectivity index (χ3v) is 7.48. The summed E-state index contributed by atoms with van der Waals surface area (Å²) in [4.78, 5) is 12.3. The standard InChI is InChI=1S/C28H33ClN2O5S/c1-21(2)35-18-4-17-30-28(32)20-36-26-13-11-25(12-14-26)31(19-23-7-9-24(29)10-8-23)37(33,34)27-15-5-22(3)6-16-27/h5-16,21H,4,17-20H2,1-3H3,(H,30,32). The molecule has 0 bridgehead atoms. The summed E-state index contributed by atoms with van der Waals surface area (Å²) in [6.45, 7) is 6.90. The molecule has 0 fully saturated rings. The minimum Gasteiger partial charge on any atom is -0.484 e. The van der Waals surface area contributed by atoms with Crippen LogP contribution >= 0.6 is 11.6 Å². The SMILES string of the molecule is Cc1ccc(S(=O)(=O)N(Cc2ccc(Cl)cc2)c2ccc(OCC(=O)NCCCOC(C)C)cc2)cc1. The van der Waals surface area contributed by atoms with E-state index in [4.69, 9.17) is 21.1 Å². The van der Waals surface area contributed by atoms with Crippen LogP contribution in [0.1, 0.15) is 31.4 Å². The summed E-state index contributed by atoms with van der Waals surface area (Å²) in [5.41, 5.74) is 2.23. The Hall–Kier alpha value is -3.07. The van der Waals surface area contributed by atoms with Crippen LogP contribution in [0.4, 0.5) is 5.69 Å². The van der Waals surface area contributed by atoms with Crippen LogP contribution in [0, 0.1) is 6.92 Å². The minimum absolute atomic E-state index is 0.122. The molecule has 1 N–H and O–H groups in total. The van der Waals surface area contributed by atoms with E-state index < -0.39 is 10.0 Å². The van der Waals surface area contributed by atoms with Gasteiger partial charge in [-0.1, -0.05) is 41.4 Å². The first kappa shape index (κ1) is 28.5. The maximum absolute atomic E-state index is 13.6. The first-order valence-corrected chi connectivity index (χ1v) is 13.9. The number of ether oxygens (including phenoxy) is 2. The maximum Gasteiger partial charge on any atom is 0.264 e. The zero-order valence-electron chi connectivity index (χ0n) is 21.3. The van der Waals surface area contributed by atoms with Crippen LogP contribution in [0.15, 0.2) is 77.7 Å². The van der Waals surface area contributed by atoms with E-state index in [2.05, 4.69) is 5.32 Å². The summed E-state index contributed by atoms with van der Waals surface area (Å²) >= 11 is 6.01. The van der Waals surface area contributed by atoms with E-state index in [0.717, 1.165) is 17.5 Å². The molecule has 198 valence electrons. The number of sulfonamides is 1. The molecule has 0 aliphatic carbocycles. The molecule has 0 aromatic heterocycles. The summed E-state index contributed by atoms with van der Waals surface area (Å²) in [6, 6.07) is 20.4. The van der Waals surface area contributed by atoms with Crippen LogP contribution in [-0.4, -0.2) is 40.2 Å². The monoisotopic (exact) mass is 544 g/mol. The maximum atomic E-state index is 13.6. The van der Waals surface area contributed by atoms with Crippen molar-refractivity contribution < 1.29 is 22.7 Å². The zero-order chi connectivity index (χ0) is 26.8. The van der Waals surface area contributed by atoms with Crippen molar-refractivity contribution in [2.24, 2.45) is 0 Å². The third kappa shape index (κ3) is 8.77. The molecule has 0 heterocycles. The van der Waals surface area contributed by atoms with E-state index in [1.807, 2.05) is 20.8 Å². The van der Waals surface area contributed by atoms with E-state index in [1.54, 1.807) is 72.8 Å². The van der Waals surface area contributed by atoms with Gasteiger partial charge in [-0.15, -0.1) is 0 Å². The number of anilines is 1. The van der Waals surface area contributed by atoms with Gasteiger partial charge in [-0.2, -0.15) is 0 Å². The Bertz CT molecular complexity index is 1250. The minimum atomic E-state index is -3.85. The summed E-state index contributed by atoms with van der Waals surface area (Å²) in [5.74, 6) is 0.223. The molecule has 0 radical (unpaired) electrons. The second-order valence-corrected chi connectivity index (χ2v) is 11.2. The van der Waals surface area contributed by atoms with Crippen LogP contribution in [0.2, 0.25) is 5.02 Å². The first-order chi connectivity index (χ1) is 17.6. The lowest BCUT2D eigenvalue weighted by Gasteiger charge is -2.25. The topological polar surface area (TPSA) is 84.9 Å². The van der Waals surface area contributed by atoms with E-state index in [-0.39, 0.29) is 30.1 Å². The van der Waals surface area contributed by atoms with Gasteiger partial charge in [-0.3, -0.25) is 9.10 Å². The number of carbonyl (C=O) groups excluding carboxylic acids is 1. The van der Waals surface area contributed by atoms with Gasteiger partial charge in [0.1, 0.15) is 5.75 Å². The molecule has 0 saturated carbocycles. The summed E-state index contributed by atoms with van der Waals surface area (Å²) in [6.07, 6.45) is 0.883. The molecule has 0 spiro atoms. The van der Waals surface area contributed by atoms with Crippen LogP contribution in [0.5, 0.6) is 5.75 Å². The average molecular weight is 545 g/mol. The third-order valence-electron chi connectivity index (χ3n) is 5.44. The second kappa shape index (κ2) is 13.5. The van der Waals surface area contributed by atoms with Gasteiger partial charge in [0.05, 0.1) is 23.2 Å².